The summed E-state index contributed by atoms with van der Waals surface area (Å²) in [6.07, 6.45) is 1.91. The van der Waals surface area contributed by atoms with Gasteiger partial charge in [-0.2, -0.15) is 0 Å². The number of carbonyl (C=O) groups is 1. The van der Waals surface area contributed by atoms with Crippen LogP contribution in [-0.2, 0) is 11.2 Å². The molecule has 0 saturated carbocycles. The smallest absolute Gasteiger partial charge is 0.153 e. The van der Waals surface area contributed by atoms with Crippen molar-refractivity contribution in [2.75, 3.05) is 5.73 Å². The Balaban J connectivity index is 2.69. The van der Waals surface area contributed by atoms with Crippen molar-refractivity contribution in [2.24, 2.45) is 5.73 Å². The first-order valence-corrected chi connectivity index (χ1v) is 4.08. The van der Waals surface area contributed by atoms with Gasteiger partial charge in [0.1, 0.15) is 5.82 Å². The van der Waals surface area contributed by atoms with Crippen molar-refractivity contribution in [2.45, 2.75) is 19.4 Å². The van der Waals surface area contributed by atoms with Crippen molar-refractivity contribution in [3.63, 3.8) is 0 Å². The van der Waals surface area contributed by atoms with Crippen LogP contribution in [0.5, 0.6) is 0 Å². The summed E-state index contributed by atoms with van der Waals surface area (Å²) in [7, 11) is 0. The van der Waals surface area contributed by atoms with Crippen LogP contribution in [0, 0.1) is 0 Å². The molecule has 0 amide bonds. The minimum Gasteiger partial charge on any atom is -0.384 e. The zero-order chi connectivity index (χ0) is 9.84. The predicted octanol–water partition coefficient (Wildman–Crippen LogP) is 0.123. The average Bonchev–Trinajstić information content (AvgIpc) is 2.04. The number of pyridine rings is 1. The van der Waals surface area contributed by atoms with Gasteiger partial charge >= 0.3 is 0 Å². The van der Waals surface area contributed by atoms with Gasteiger partial charge in [-0.05, 0) is 24.6 Å². The second-order valence-corrected chi connectivity index (χ2v) is 3.02. The van der Waals surface area contributed by atoms with Crippen LogP contribution in [0.25, 0.3) is 0 Å². The average molecular weight is 179 g/mol. The summed E-state index contributed by atoms with van der Waals surface area (Å²) in [5.41, 5.74) is 11.7. The molecule has 0 aliphatic rings. The van der Waals surface area contributed by atoms with Gasteiger partial charge in [0.05, 0.1) is 6.04 Å². The molecule has 4 N–H and O–H groups in total. The van der Waals surface area contributed by atoms with Gasteiger partial charge in [-0.25, -0.2) is 4.98 Å². The lowest BCUT2D eigenvalue weighted by Crippen LogP contribution is -2.28. The molecular formula is C9H13N3O. The van der Waals surface area contributed by atoms with Gasteiger partial charge in [0.25, 0.3) is 0 Å². The van der Waals surface area contributed by atoms with Crippen molar-refractivity contribution in [3.05, 3.63) is 23.9 Å². The van der Waals surface area contributed by atoms with Crippen molar-refractivity contribution >= 4 is 11.6 Å². The highest BCUT2D eigenvalue weighted by Gasteiger charge is 2.08. The van der Waals surface area contributed by atoms with Crippen LogP contribution in [-0.4, -0.2) is 16.8 Å². The Morgan fingerprint density at radius 2 is 2.38 bits per heavy atom. The Morgan fingerprint density at radius 3 is 2.92 bits per heavy atom. The number of rotatable bonds is 3. The van der Waals surface area contributed by atoms with E-state index in [1.807, 2.05) is 0 Å². The standard InChI is InChI=1S/C9H13N3O/c1-6(10)8(13)4-7-2-3-12-9(11)5-7/h2-3,5-6H,4,10H2,1H3,(H2,11,12). The van der Waals surface area contributed by atoms with Crippen LogP contribution in [0.15, 0.2) is 18.3 Å². The first-order valence-electron chi connectivity index (χ1n) is 4.08. The van der Waals surface area contributed by atoms with Crippen LogP contribution < -0.4 is 11.5 Å². The van der Waals surface area contributed by atoms with E-state index in [0.717, 1.165) is 5.56 Å². The maximum absolute atomic E-state index is 11.2. The fourth-order valence-electron chi connectivity index (χ4n) is 0.967. The van der Waals surface area contributed by atoms with E-state index < -0.39 is 6.04 Å². The Kier molecular flexibility index (Phi) is 2.97. The molecule has 0 aromatic carbocycles. The van der Waals surface area contributed by atoms with Crippen molar-refractivity contribution < 1.29 is 4.79 Å². The SMILES string of the molecule is CC(N)C(=O)Cc1ccnc(N)c1. The number of nitrogens with zero attached hydrogens (tertiary/aromatic N) is 1. The van der Waals surface area contributed by atoms with E-state index in [9.17, 15) is 4.79 Å². The normalized spacial score (nSPS) is 12.5. The monoisotopic (exact) mass is 179 g/mol. The number of carbonyl (C=O) groups excluding carboxylic acids is 1. The van der Waals surface area contributed by atoms with E-state index in [1.54, 1.807) is 25.3 Å². The first-order chi connectivity index (χ1) is 6.09. The number of nitrogen functional groups attached to an aromatic ring is 1. The van der Waals surface area contributed by atoms with Gasteiger partial charge in [0.15, 0.2) is 5.78 Å². The second-order valence-electron chi connectivity index (χ2n) is 3.02. The maximum Gasteiger partial charge on any atom is 0.153 e. The second kappa shape index (κ2) is 4.00. The highest BCUT2D eigenvalue weighted by Crippen LogP contribution is 2.04. The molecule has 0 aliphatic heterocycles. The fraction of sp³-hybridized carbons (Fsp3) is 0.333. The molecule has 70 valence electrons. The lowest BCUT2D eigenvalue weighted by Gasteiger charge is -2.04. The van der Waals surface area contributed by atoms with Crippen LogP contribution in [0.2, 0.25) is 0 Å². The Bertz CT molecular complexity index is 309. The number of Topliss-reactive ketones (excluding diaryl/α,β-unsaturated/α-hetero) is 1. The summed E-state index contributed by atoms with van der Waals surface area (Å²) in [5, 5.41) is 0. The molecule has 1 aromatic rings. The zero-order valence-electron chi connectivity index (χ0n) is 7.53. The third-order valence-electron chi connectivity index (χ3n) is 1.73. The minimum atomic E-state index is -0.422. The zero-order valence-corrected chi connectivity index (χ0v) is 7.53. The summed E-state index contributed by atoms with van der Waals surface area (Å²) >= 11 is 0. The molecule has 0 bridgehead atoms. The molecule has 1 atom stereocenters. The molecule has 1 rings (SSSR count). The van der Waals surface area contributed by atoms with Gasteiger partial charge in [-0.1, -0.05) is 0 Å². The summed E-state index contributed by atoms with van der Waals surface area (Å²) in [5.74, 6) is 0.431. The van der Waals surface area contributed by atoms with E-state index in [2.05, 4.69) is 4.98 Å². The molecule has 1 unspecified atom stereocenters. The van der Waals surface area contributed by atoms with Crippen molar-refractivity contribution in [3.8, 4) is 0 Å². The van der Waals surface area contributed by atoms with E-state index in [1.165, 1.54) is 0 Å². The van der Waals surface area contributed by atoms with Gasteiger partial charge in [-0.3, -0.25) is 4.79 Å². The number of hydrogen-bond donors (Lipinski definition) is 2. The van der Waals surface area contributed by atoms with E-state index >= 15 is 0 Å². The summed E-state index contributed by atoms with van der Waals surface area (Å²) in [4.78, 5) is 15.1. The number of hydrogen-bond acceptors (Lipinski definition) is 4. The Morgan fingerprint density at radius 1 is 1.69 bits per heavy atom. The number of anilines is 1. The quantitative estimate of drug-likeness (QED) is 0.690. The minimum absolute atomic E-state index is 0.00519. The van der Waals surface area contributed by atoms with Crippen LogP contribution in [0.1, 0.15) is 12.5 Å². The highest BCUT2D eigenvalue weighted by molar-refractivity contribution is 5.85. The molecule has 13 heavy (non-hydrogen) atoms. The summed E-state index contributed by atoms with van der Waals surface area (Å²) in [6.45, 7) is 1.67. The Hall–Kier alpha value is -1.42. The molecule has 0 aliphatic carbocycles. The molecule has 4 heteroatoms. The van der Waals surface area contributed by atoms with E-state index in [0.29, 0.717) is 12.2 Å². The number of aromatic nitrogens is 1. The number of ketones is 1. The summed E-state index contributed by atoms with van der Waals surface area (Å²) in [6, 6.07) is 3.02. The maximum atomic E-state index is 11.2. The topological polar surface area (TPSA) is 82.0 Å². The van der Waals surface area contributed by atoms with Crippen LogP contribution in [0.4, 0.5) is 5.82 Å². The van der Waals surface area contributed by atoms with Gasteiger partial charge < -0.3 is 11.5 Å². The predicted molar refractivity (Wildman–Crippen MR) is 51.0 cm³/mol. The number of nitrogens with two attached hydrogens (primary N) is 2. The first kappa shape index (κ1) is 9.67. The van der Waals surface area contributed by atoms with Crippen molar-refractivity contribution in [1.82, 2.24) is 4.98 Å². The lowest BCUT2D eigenvalue weighted by molar-refractivity contribution is -0.119. The van der Waals surface area contributed by atoms with Crippen LogP contribution in [0.3, 0.4) is 0 Å². The fourth-order valence-corrected chi connectivity index (χ4v) is 0.967. The van der Waals surface area contributed by atoms with Gasteiger partial charge in [0, 0.05) is 12.6 Å². The van der Waals surface area contributed by atoms with E-state index in [4.69, 9.17) is 11.5 Å². The molecule has 1 heterocycles. The molecule has 0 spiro atoms. The van der Waals surface area contributed by atoms with Crippen LogP contribution >= 0.6 is 0 Å². The largest absolute Gasteiger partial charge is 0.384 e. The molecule has 4 nitrogen and oxygen atoms in total. The van der Waals surface area contributed by atoms with Gasteiger partial charge in [0.2, 0.25) is 0 Å². The third kappa shape index (κ3) is 2.83. The van der Waals surface area contributed by atoms with Crippen molar-refractivity contribution in [1.29, 1.82) is 0 Å². The Labute approximate surface area is 77.0 Å². The molecular weight excluding hydrogens is 166 g/mol. The molecule has 0 radical (unpaired) electrons. The third-order valence-corrected chi connectivity index (χ3v) is 1.73. The van der Waals surface area contributed by atoms with Gasteiger partial charge in [-0.15, -0.1) is 0 Å². The lowest BCUT2D eigenvalue weighted by atomic mass is 10.1. The highest BCUT2D eigenvalue weighted by atomic mass is 16.1. The summed E-state index contributed by atoms with van der Waals surface area (Å²) < 4.78 is 0. The molecule has 0 fully saturated rings. The van der Waals surface area contributed by atoms with E-state index in [-0.39, 0.29) is 5.78 Å². The molecule has 1 aromatic heterocycles. The molecule has 0 saturated heterocycles.